The number of amides is 1. The van der Waals surface area contributed by atoms with E-state index in [2.05, 4.69) is 5.32 Å². The standard InChI is InChI=1S/C26H45NO21/c1-6(31)27-11-15(35)13(33)10(5-42-25-19(39)16(36)12(32)7(2-28)44-25)46-24(11)48-22-14(34)8(3-29)45-26(20(22)40)47-21-9(4-30)43-23(41)18(38)17(21)37/h7-26,28-30,32-41H,2-5H2,1H3,(H,27,31)/t7-,8-,9-,10-,11-,12-,13-,14+,15-,16+,17-,18-,19-,20-,21+,22+,23-,24+,25-,26+/m1/s1. The number of carbonyl (C=O) groups excluding carboxylic acids is 1. The van der Waals surface area contributed by atoms with Crippen LogP contribution in [-0.2, 0) is 38.0 Å². The number of aliphatic hydroxyl groups excluding tert-OH is 13. The summed E-state index contributed by atoms with van der Waals surface area (Å²) in [7, 11) is 0. The second kappa shape index (κ2) is 16.8. The van der Waals surface area contributed by atoms with Crippen molar-refractivity contribution in [3.05, 3.63) is 0 Å². The van der Waals surface area contributed by atoms with Gasteiger partial charge in [0, 0.05) is 6.92 Å². The highest BCUT2D eigenvalue weighted by Crippen LogP contribution is 2.33. The molecule has 4 fully saturated rings. The van der Waals surface area contributed by atoms with E-state index in [1.54, 1.807) is 0 Å². The number of hydrogen-bond donors (Lipinski definition) is 14. The molecule has 0 bridgehead atoms. The first-order chi connectivity index (χ1) is 22.6. The first-order valence-electron chi connectivity index (χ1n) is 15.1. The van der Waals surface area contributed by atoms with E-state index < -0.39 is 155 Å². The summed E-state index contributed by atoms with van der Waals surface area (Å²) in [6, 6.07) is -1.57. The van der Waals surface area contributed by atoms with Gasteiger partial charge < -0.3 is 105 Å². The highest BCUT2D eigenvalue weighted by atomic mass is 16.8. The van der Waals surface area contributed by atoms with E-state index in [4.69, 9.17) is 33.2 Å². The summed E-state index contributed by atoms with van der Waals surface area (Å²) in [4.78, 5) is 12.0. The third-order valence-corrected chi connectivity index (χ3v) is 8.59. The number of ether oxygens (including phenoxy) is 7. The molecule has 280 valence electrons. The molecule has 20 atom stereocenters. The molecule has 4 rings (SSSR count). The van der Waals surface area contributed by atoms with Crippen LogP contribution in [0.25, 0.3) is 0 Å². The largest absolute Gasteiger partial charge is 0.394 e. The molecule has 4 heterocycles. The Morgan fingerprint density at radius 3 is 1.69 bits per heavy atom. The van der Waals surface area contributed by atoms with Gasteiger partial charge in [0.15, 0.2) is 25.2 Å². The van der Waals surface area contributed by atoms with Crippen LogP contribution in [0.15, 0.2) is 0 Å². The van der Waals surface area contributed by atoms with Gasteiger partial charge in [-0.25, -0.2) is 0 Å². The molecule has 0 spiro atoms. The van der Waals surface area contributed by atoms with Crippen LogP contribution in [0.1, 0.15) is 6.92 Å². The minimum absolute atomic E-state index is 0.701. The molecular formula is C26H45NO21. The molecule has 0 aromatic carbocycles. The van der Waals surface area contributed by atoms with Gasteiger partial charge in [0.05, 0.1) is 26.4 Å². The fourth-order valence-corrected chi connectivity index (χ4v) is 5.84. The van der Waals surface area contributed by atoms with Gasteiger partial charge in [0.2, 0.25) is 5.91 Å². The van der Waals surface area contributed by atoms with Crippen LogP contribution in [0.5, 0.6) is 0 Å². The summed E-state index contributed by atoms with van der Waals surface area (Å²) in [5.74, 6) is -0.732. The predicted molar refractivity (Wildman–Crippen MR) is 145 cm³/mol. The zero-order valence-electron chi connectivity index (χ0n) is 25.5. The number of aliphatic hydroxyl groups is 13. The van der Waals surface area contributed by atoms with E-state index in [1.165, 1.54) is 0 Å². The van der Waals surface area contributed by atoms with Crippen molar-refractivity contribution in [2.24, 2.45) is 0 Å². The normalized spacial score (nSPS) is 50.2. The maximum atomic E-state index is 12.0. The molecule has 0 radical (unpaired) electrons. The molecule has 0 saturated carbocycles. The number of nitrogens with one attached hydrogen (secondary N) is 1. The molecule has 0 aliphatic carbocycles. The second-order valence-electron chi connectivity index (χ2n) is 11.9. The first kappa shape index (κ1) is 39.5. The molecule has 4 aliphatic rings. The summed E-state index contributed by atoms with van der Waals surface area (Å²) in [6.07, 6.45) is -33.2. The van der Waals surface area contributed by atoms with Crippen molar-refractivity contribution < 1.29 is 104 Å². The third kappa shape index (κ3) is 8.24. The Morgan fingerprint density at radius 1 is 0.542 bits per heavy atom. The maximum Gasteiger partial charge on any atom is 0.217 e. The third-order valence-electron chi connectivity index (χ3n) is 8.59. The second-order valence-corrected chi connectivity index (χ2v) is 11.9. The highest BCUT2D eigenvalue weighted by Gasteiger charge is 2.54. The Morgan fingerprint density at radius 2 is 1.08 bits per heavy atom. The highest BCUT2D eigenvalue weighted by molar-refractivity contribution is 5.73. The lowest BCUT2D eigenvalue weighted by atomic mass is 9.95. The Hall–Kier alpha value is -1.33. The van der Waals surface area contributed by atoms with Crippen LogP contribution in [0, 0.1) is 0 Å². The summed E-state index contributed by atoms with van der Waals surface area (Å²) in [6.45, 7) is -2.12. The summed E-state index contributed by atoms with van der Waals surface area (Å²) >= 11 is 0. The monoisotopic (exact) mass is 707 g/mol. The van der Waals surface area contributed by atoms with Crippen LogP contribution in [0.4, 0.5) is 0 Å². The summed E-state index contributed by atoms with van der Waals surface area (Å²) in [5, 5.41) is 136. The average molecular weight is 708 g/mol. The van der Waals surface area contributed by atoms with Gasteiger partial charge in [-0.05, 0) is 0 Å². The number of carbonyl (C=O) groups is 1. The van der Waals surface area contributed by atoms with E-state index in [9.17, 15) is 71.2 Å². The first-order valence-corrected chi connectivity index (χ1v) is 15.1. The van der Waals surface area contributed by atoms with Crippen molar-refractivity contribution in [3.63, 3.8) is 0 Å². The van der Waals surface area contributed by atoms with Gasteiger partial charge in [-0.1, -0.05) is 0 Å². The maximum absolute atomic E-state index is 12.0. The van der Waals surface area contributed by atoms with Crippen LogP contribution < -0.4 is 5.32 Å². The van der Waals surface area contributed by atoms with Gasteiger partial charge in [-0.2, -0.15) is 0 Å². The van der Waals surface area contributed by atoms with Crippen molar-refractivity contribution in [3.8, 4) is 0 Å². The Kier molecular flexibility index (Phi) is 13.8. The molecule has 0 aromatic rings. The zero-order valence-corrected chi connectivity index (χ0v) is 25.5. The van der Waals surface area contributed by atoms with E-state index in [1.807, 2.05) is 0 Å². The number of rotatable bonds is 11. The van der Waals surface area contributed by atoms with Gasteiger partial charge in [-0.3, -0.25) is 4.79 Å². The quantitative estimate of drug-likeness (QED) is 0.0947. The van der Waals surface area contributed by atoms with Crippen molar-refractivity contribution in [1.29, 1.82) is 0 Å². The Labute approximate surface area is 272 Å². The molecule has 48 heavy (non-hydrogen) atoms. The average Bonchev–Trinajstić information content (AvgIpc) is 3.06. The van der Waals surface area contributed by atoms with Gasteiger partial charge in [0.25, 0.3) is 0 Å². The lowest BCUT2D eigenvalue weighted by Gasteiger charge is -2.48. The molecule has 4 saturated heterocycles. The van der Waals surface area contributed by atoms with Gasteiger partial charge >= 0.3 is 0 Å². The SMILES string of the molecule is CC(=O)N[C@H]1[C@H](O[C@H]2[C@@H](O)[C@@H](CO)O[C@@H](O[C@@H]3[C@H](O)[C@@H](O)[C@H](O)O[C@@H]3CO)[C@@H]2O)O[C@H](CO[C@@H]2O[C@H](CO)[C@@H](O)[C@H](O)[C@H]2O)[C@@H](O)[C@@H]1O. The molecule has 4 aliphatic heterocycles. The van der Waals surface area contributed by atoms with E-state index in [0.717, 1.165) is 6.92 Å². The van der Waals surface area contributed by atoms with Crippen molar-refractivity contribution in [2.45, 2.75) is 130 Å². The molecule has 0 unspecified atom stereocenters. The van der Waals surface area contributed by atoms with Gasteiger partial charge in [0.1, 0.15) is 97.6 Å². The fraction of sp³-hybridized carbons (Fsp3) is 0.962. The van der Waals surface area contributed by atoms with Crippen molar-refractivity contribution in [1.82, 2.24) is 5.32 Å². The number of hydrogen-bond acceptors (Lipinski definition) is 21. The topological polar surface area (TPSA) is 357 Å². The molecule has 22 nitrogen and oxygen atoms in total. The van der Waals surface area contributed by atoms with E-state index >= 15 is 0 Å². The lowest BCUT2D eigenvalue weighted by molar-refractivity contribution is -0.374. The Balaban J connectivity index is 1.53. The molecule has 0 aromatic heterocycles. The molecule has 1 amide bonds. The van der Waals surface area contributed by atoms with Crippen LogP contribution in [-0.4, -0.2) is 221 Å². The minimum atomic E-state index is -2.02. The van der Waals surface area contributed by atoms with Crippen molar-refractivity contribution in [2.75, 3.05) is 26.4 Å². The smallest absolute Gasteiger partial charge is 0.217 e. The zero-order chi connectivity index (χ0) is 35.6. The van der Waals surface area contributed by atoms with Crippen LogP contribution in [0.2, 0.25) is 0 Å². The fourth-order valence-electron chi connectivity index (χ4n) is 5.84. The molecular weight excluding hydrogens is 662 g/mol. The van der Waals surface area contributed by atoms with Crippen molar-refractivity contribution >= 4 is 5.91 Å². The Bertz CT molecular complexity index is 1030. The molecule has 22 heteroatoms. The van der Waals surface area contributed by atoms with E-state index in [0.29, 0.717) is 0 Å². The summed E-state index contributed by atoms with van der Waals surface area (Å²) in [5.41, 5.74) is 0. The van der Waals surface area contributed by atoms with Crippen LogP contribution in [0.3, 0.4) is 0 Å². The molecule has 14 N–H and O–H groups in total. The van der Waals surface area contributed by atoms with Gasteiger partial charge in [-0.15, -0.1) is 0 Å². The van der Waals surface area contributed by atoms with Crippen LogP contribution >= 0.6 is 0 Å². The minimum Gasteiger partial charge on any atom is -0.394 e. The lowest BCUT2D eigenvalue weighted by Crippen LogP contribution is -2.68. The summed E-state index contributed by atoms with van der Waals surface area (Å²) < 4.78 is 38.3. The van der Waals surface area contributed by atoms with E-state index in [-0.39, 0.29) is 0 Å². The predicted octanol–water partition coefficient (Wildman–Crippen LogP) is -9.61.